The van der Waals surface area contributed by atoms with Gasteiger partial charge in [-0.05, 0) is 39.2 Å². The van der Waals surface area contributed by atoms with E-state index in [4.69, 9.17) is 0 Å². The Kier molecular flexibility index (Phi) is 3.55. The minimum atomic E-state index is -0.523. The lowest BCUT2D eigenvalue weighted by molar-refractivity contribution is 0.172. The summed E-state index contributed by atoms with van der Waals surface area (Å²) in [7, 11) is 0. The van der Waals surface area contributed by atoms with E-state index in [2.05, 4.69) is 10.6 Å². The summed E-state index contributed by atoms with van der Waals surface area (Å²) >= 11 is 0. The number of hydrogen-bond acceptors (Lipinski definition) is 1. The zero-order valence-electron chi connectivity index (χ0n) is 10.8. The maximum Gasteiger partial charge on any atom is 0.315 e. The largest absolute Gasteiger partial charge is 0.336 e. The van der Waals surface area contributed by atoms with Crippen LogP contribution in [0.4, 0.5) is 9.18 Å². The van der Waals surface area contributed by atoms with Crippen LogP contribution < -0.4 is 10.6 Å². The number of carbonyl (C=O) groups excluding carboxylic acids is 1. The molecule has 0 aliphatic heterocycles. The fourth-order valence-electron chi connectivity index (χ4n) is 2.36. The molecule has 1 aliphatic carbocycles. The van der Waals surface area contributed by atoms with Gasteiger partial charge in [-0.3, -0.25) is 0 Å². The molecular weight excluding hydrogens is 231 g/mol. The molecule has 0 spiro atoms. The molecule has 1 saturated carbocycles. The van der Waals surface area contributed by atoms with Gasteiger partial charge >= 0.3 is 6.03 Å². The third kappa shape index (κ3) is 2.47. The second-order valence-corrected chi connectivity index (χ2v) is 5.17. The Morgan fingerprint density at radius 2 is 2.00 bits per heavy atom. The molecule has 2 N–H and O–H groups in total. The maximum absolute atomic E-state index is 13.8. The van der Waals surface area contributed by atoms with Gasteiger partial charge in [-0.1, -0.05) is 18.2 Å². The molecule has 0 saturated heterocycles. The second-order valence-electron chi connectivity index (χ2n) is 5.17. The van der Waals surface area contributed by atoms with E-state index in [1.807, 2.05) is 13.8 Å². The smallest absolute Gasteiger partial charge is 0.315 e. The van der Waals surface area contributed by atoms with Gasteiger partial charge in [0.1, 0.15) is 5.82 Å². The van der Waals surface area contributed by atoms with E-state index in [1.54, 1.807) is 18.2 Å². The van der Waals surface area contributed by atoms with Crippen LogP contribution in [0.2, 0.25) is 0 Å². The van der Waals surface area contributed by atoms with Crippen LogP contribution in [-0.4, -0.2) is 12.1 Å². The number of rotatable bonds is 3. The van der Waals surface area contributed by atoms with Gasteiger partial charge in [-0.2, -0.15) is 0 Å². The lowest BCUT2D eigenvalue weighted by Crippen LogP contribution is -2.55. The van der Waals surface area contributed by atoms with Gasteiger partial charge in [-0.15, -0.1) is 0 Å². The Morgan fingerprint density at radius 1 is 1.33 bits per heavy atom. The van der Waals surface area contributed by atoms with Gasteiger partial charge in [0.15, 0.2) is 0 Å². The van der Waals surface area contributed by atoms with E-state index in [1.165, 1.54) is 6.07 Å². The summed E-state index contributed by atoms with van der Waals surface area (Å²) in [4.78, 5) is 11.8. The van der Waals surface area contributed by atoms with Crippen LogP contribution in [0.3, 0.4) is 0 Å². The van der Waals surface area contributed by atoms with Crippen molar-refractivity contribution in [3.05, 3.63) is 35.6 Å². The van der Waals surface area contributed by atoms with E-state index in [0.29, 0.717) is 5.56 Å². The molecule has 0 heterocycles. The molecule has 1 fully saturated rings. The average Bonchev–Trinajstić information content (AvgIpc) is 2.23. The van der Waals surface area contributed by atoms with Gasteiger partial charge in [0.25, 0.3) is 0 Å². The first kappa shape index (κ1) is 12.9. The molecule has 1 aliphatic rings. The summed E-state index contributed by atoms with van der Waals surface area (Å²) in [5.41, 5.74) is 0.0692. The molecule has 0 aromatic heterocycles. The molecular formula is C14H19FN2O. The van der Waals surface area contributed by atoms with Crippen molar-refractivity contribution in [1.82, 2.24) is 10.6 Å². The third-order valence-electron chi connectivity index (χ3n) is 3.37. The standard InChI is InChI=1S/C14H19FN2O/c1-10(2)16-13(18)17-14(8-5-9-14)11-6-3-4-7-12(11)15/h3-4,6-7,10H,5,8-9H2,1-2H3,(H2,16,17,18). The molecule has 2 amide bonds. The highest BCUT2D eigenvalue weighted by molar-refractivity contribution is 5.75. The Balaban J connectivity index is 2.17. The van der Waals surface area contributed by atoms with Crippen molar-refractivity contribution in [2.75, 3.05) is 0 Å². The SMILES string of the molecule is CC(C)NC(=O)NC1(c2ccccc2F)CCC1. The van der Waals surface area contributed by atoms with Crippen molar-refractivity contribution >= 4 is 6.03 Å². The molecule has 4 heteroatoms. The molecule has 98 valence electrons. The minimum absolute atomic E-state index is 0.0720. The highest BCUT2D eigenvalue weighted by Gasteiger charge is 2.41. The third-order valence-corrected chi connectivity index (χ3v) is 3.37. The number of benzene rings is 1. The molecule has 0 radical (unpaired) electrons. The second kappa shape index (κ2) is 4.96. The number of halogens is 1. The van der Waals surface area contributed by atoms with E-state index >= 15 is 0 Å². The summed E-state index contributed by atoms with van der Waals surface area (Å²) in [6.07, 6.45) is 2.59. The van der Waals surface area contributed by atoms with Crippen molar-refractivity contribution in [3.63, 3.8) is 0 Å². The molecule has 1 aromatic rings. The number of amides is 2. The van der Waals surface area contributed by atoms with Crippen molar-refractivity contribution in [3.8, 4) is 0 Å². The molecule has 1 aromatic carbocycles. The molecule has 2 rings (SSSR count). The van der Waals surface area contributed by atoms with Crippen molar-refractivity contribution in [2.45, 2.75) is 44.7 Å². The van der Waals surface area contributed by atoms with Crippen LogP contribution in [0.5, 0.6) is 0 Å². The Morgan fingerprint density at radius 3 is 2.50 bits per heavy atom. The van der Waals surface area contributed by atoms with Crippen molar-refractivity contribution in [1.29, 1.82) is 0 Å². The number of urea groups is 1. The van der Waals surface area contributed by atoms with E-state index < -0.39 is 5.54 Å². The zero-order chi connectivity index (χ0) is 13.2. The first-order valence-corrected chi connectivity index (χ1v) is 6.37. The molecule has 0 unspecified atom stereocenters. The Labute approximate surface area is 107 Å². The Bertz CT molecular complexity index is 441. The normalized spacial score (nSPS) is 17.1. The lowest BCUT2D eigenvalue weighted by Gasteiger charge is -2.43. The van der Waals surface area contributed by atoms with Crippen LogP contribution in [-0.2, 0) is 5.54 Å². The number of hydrogen-bond donors (Lipinski definition) is 2. The van der Waals surface area contributed by atoms with Crippen LogP contribution in [0.15, 0.2) is 24.3 Å². The fourth-order valence-corrected chi connectivity index (χ4v) is 2.36. The first-order valence-electron chi connectivity index (χ1n) is 6.37. The van der Waals surface area contributed by atoms with Gasteiger partial charge in [-0.25, -0.2) is 9.18 Å². The highest BCUT2D eigenvalue weighted by Crippen LogP contribution is 2.42. The summed E-state index contributed by atoms with van der Waals surface area (Å²) in [6, 6.07) is 6.51. The lowest BCUT2D eigenvalue weighted by atomic mass is 9.71. The van der Waals surface area contributed by atoms with Crippen molar-refractivity contribution < 1.29 is 9.18 Å². The summed E-state index contributed by atoms with van der Waals surface area (Å²) in [6.45, 7) is 3.80. The fraction of sp³-hybridized carbons (Fsp3) is 0.500. The summed E-state index contributed by atoms with van der Waals surface area (Å²) < 4.78 is 13.8. The van der Waals surface area contributed by atoms with Gasteiger partial charge in [0, 0.05) is 11.6 Å². The minimum Gasteiger partial charge on any atom is -0.336 e. The molecule has 3 nitrogen and oxygen atoms in total. The Hall–Kier alpha value is -1.58. The summed E-state index contributed by atoms with van der Waals surface area (Å²) in [5, 5.41) is 5.71. The van der Waals surface area contributed by atoms with E-state index in [0.717, 1.165) is 19.3 Å². The van der Waals surface area contributed by atoms with E-state index in [9.17, 15) is 9.18 Å². The van der Waals surface area contributed by atoms with Crippen LogP contribution in [0.1, 0.15) is 38.7 Å². The van der Waals surface area contributed by atoms with Crippen molar-refractivity contribution in [2.24, 2.45) is 0 Å². The number of nitrogens with one attached hydrogen (secondary N) is 2. The van der Waals surface area contributed by atoms with Gasteiger partial charge < -0.3 is 10.6 Å². The van der Waals surface area contributed by atoms with Crippen LogP contribution in [0, 0.1) is 5.82 Å². The first-order chi connectivity index (χ1) is 8.53. The number of carbonyl (C=O) groups is 1. The quantitative estimate of drug-likeness (QED) is 0.851. The highest BCUT2D eigenvalue weighted by atomic mass is 19.1. The predicted octanol–water partition coefficient (Wildman–Crippen LogP) is 2.91. The maximum atomic E-state index is 13.8. The molecule has 0 bridgehead atoms. The molecule has 18 heavy (non-hydrogen) atoms. The topological polar surface area (TPSA) is 41.1 Å². The monoisotopic (exact) mass is 250 g/mol. The molecule has 0 atom stereocenters. The van der Waals surface area contributed by atoms with Gasteiger partial charge in [0.2, 0.25) is 0 Å². The van der Waals surface area contributed by atoms with E-state index in [-0.39, 0.29) is 17.9 Å². The average molecular weight is 250 g/mol. The van der Waals surface area contributed by atoms with Crippen LogP contribution >= 0.6 is 0 Å². The zero-order valence-corrected chi connectivity index (χ0v) is 10.8. The van der Waals surface area contributed by atoms with Gasteiger partial charge in [0.05, 0.1) is 5.54 Å². The van der Waals surface area contributed by atoms with Crippen LogP contribution in [0.25, 0.3) is 0 Å². The predicted molar refractivity (Wildman–Crippen MR) is 68.7 cm³/mol. The summed E-state index contributed by atoms with van der Waals surface area (Å²) in [5.74, 6) is -0.248.